The molecule has 0 aliphatic rings. The molecule has 1 aromatic carbocycles. The van der Waals surface area contributed by atoms with Gasteiger partial charge >= 0.3 is 6.09 Å². The maximum atomic E-state index is 13.1. The van der Waals surface area contributed by atoms with E-state index in [1.54, 1.807) is 12.1 Å². The zero-order valence-corrected chi connectivity index (χ0v) is 7.86. The van der Waals surface area contributed by atoms with Crippen LogP contribution in [0.2, 0.25) is 0 Å². The van der Waals surface area contributed by atoms with Gasteiger partial charge in [0.1, 0.15) is 5.75 Å². The number of carbonyl (C=O) groups is 1. The molecule has 0 radical (unpaired) electrons. The van der Waals surface area contributed by atoms with Crippen LogP contribution in [0.15, 0.2) is 24.3 Å². The summed E-state index contributed by atoms with van der Waals surface area (Å²) in [7, 11) is 2.56. The van der Waals surface area contributed by atoms with Crippen molar-refractivity contribution in [1.82, 2.24) is 0 Å². The van der Waals surface area contributed by atoms with Crippen LogP contribution in [-0.2, 0) is 4.74 Å². The van der Waals surface area contributed by atoms with Gasteiger partial charge in [-0.05, 0) is 12.1 Å². The molecule has 0 atom stereocenters. The van der Waals surface area contributed by atoms with E-state index < -0.39 is 6.09 Å². The third-order valence-electron chi connectivity index (χ3n) is 1.61. The monoisotopic (exact) mass is 199 g/mol. The Hall–Kier alpha value is -1.78. The molecule has 0 aliphatic carbocycles. The molecular formula is C9H10FNO3. The molecule has 0 spiro atoms. The Kier molecular flexibility index (Phi) is 3.28. The van der Waals surface area contributed by atoms with Crippen molar-refractivity contribution in [3.8, 4) is 5.75 Å². The van der Waals surface area contributed by atoms with Gasteiger partial charge in [-0.25, -0.2) is 4.79 Å². The Morgan fingerprint density at radius 2 is 2.14 bits per heavy atom. The Bertz CT molecular complexity index is 330. The number of carbonyl (C=O) groups excluding carboxylic acids is 1. The summed E-state index contributed by atoms with van der Waals surface area (Å²) in [6.45, 7) is 0. The SMILES string of the molecule is COC(=O)N(F)c1cccc(OC)c1. The average molecular weight is 199 g/mol. The number of ether oxygens (including phenoxy) is 2. The van der Waals surface area contributed by atoms with E-state index in [9.17, 15) is 9.28 Å². The minimum atomic E-state index is -1.07. The molecule has 1 aromatic rings. The Morgan fingerprint density at radius 1 is 1.43 bits per heavy atom. The molecule has 1 rings (SSSR count). The molecule has 0 heterocycles. The summed E-state index contributed by atoms with van der Waals surface area (Å²) in [4.78, 5) is 10.8. The highest BCUT2D eigenvalue weighted by Crippen LogP contribution is 2.21. The molecule has 0 fully saturated rings. The van der Waals surface area contributed by atoms with Crippen molar-refractivity contribution in [3.63, 3.8) is 0 Å². The molecule has 1 amide bonds. The second kappa shape index (κ2) is 4.45. The van der Waals surface area contributed by atoms with E-state index in [-0.39, 0.29) is 10.8 Å². The van der Waals surface area contributed by atoms with Gasteiger partial charge in [-0.15, -0.1) is 5.12 Å². The van der Waals surface area contributed by atoms with Crippen LogP contribution in [0.1, 0.15) is 0 Å². The number of methoxy groups -OCH3 is 2. The average Bonchev–Trinajstić information content (AvgIpc) is 2.27. The molecule has 4 nitrogen and oxygen atoms in total. The highest BCUT2D eigenvalue weighted by Gasteiger charge is 2.15. The Morgan fingerprint density at radius 3 is 2.71 bits per heavy atom. The van der Waals surface area contributed by atoms with Crippen LogP contribution in [-0.4, -0.2) is 20.3 Å². The first-order valence-electron chi connectivity index (χ1n) is 3.87. The smallest absolute Gasteiger partial charge is 0.442 e. The van der Waals surface area contributed by atoms with Gasteiger partial charge in [-0.3, -0.25) is 0 Å². The number of rotatable bonds is 2. The topological polar surface area (TPSA) is 38.8 Å². The largest absolute Gasteiger partial charge is 0.497 e. The number of hydrogen-bond acceptors (Lipinski definition) is 3. The first-order valence-corrected chi connectivity index (χ1v) is 3.87. The molecule has 0 saturated carbocycles. The highest BCUT2D eigenvalue weighted by molar-refractivity contribution is 5.85. The minimum Gasteiger partial charge on any atom is -0.497 e. The highest BCUT2D eigenvalue weighted by atomic mass is 19.2. The van der Waals surface area contributed by atoms with Crippen LogP contribution in [0.25, 0.3) is 0 Å². The first kappa shape index (κ1) is 10.3. The molecule has 76 valence electrons. The van der Waals surface area contributed by atoms with Crippen LogP contribution in [0.4, 0.5) is 15.0 Å². The van der Waals surface area contributed by atoms with E-state index in [1.165, 1.54) is 19.2 Å². The fourth-order valence-corrected chi connectivity index (χ4v) is 0.918. The van der Waals surface area contributed by atoms with E-state index in [0.717, 1.165) is 7.11 Å². The number of nitrogens with zero attached hydrogens (tertiary/aromatic N) is 1. The van der Waals surface area contributed by atoms with E-state index in [1.807, 2.05) is 0 Å². The second-order valence-corrected chi connectivity index (χ2v) is 2.45. The standard InChI is InChI=1S/C9H10FNO3/c1-13-8-5-3-4-7(6-8)11(10)9(12)14-2/h3-6H,1-2H3. The molecule has 5 heteroatoms. The number of halogens is 1. The van der Waals surface area contributed by atoms with Gasteiger partial charge < -0.3 is 9.47 Å². The summed E-state index contributed by atoms with van der Waals surface area (Å²) in [6, 6.07) is 6.04. The number of amides is 1. The van der Waals surface area contributed by atoms with Gasteiger partial charge in [0.15, 0.2) is 0 Å². The third kappa shape index (κ3) is 2.12. The van der Waals surface area contributed by atoms with Gasteiger partial charge in [0.25, 0.3) is 0 Å². The predicted molar refractivity (Wildman–Crippen MR) is 49.0 cm³/mol. The Balaban J connectivity index is 2.89. The molecule has 14 heavy (non-hydrogen) atoms. The summed E-state index contributed by atoms with van der Waals surface area (Å²) in [5, 5.41) is -0.0947. The minimum absolute atomic E-state index is 0.0659. The van der Waals surface area contributed by atoms with Crippen molar-refractivity contribution < 1.29 is 18.7 Å². The van der Waals surface area contributed by atoms with Crippen molar-refractivity contribution in [2.24, 2.45) is 0 Å². The zero-order chi connectivity index (χ0) is 10.6. The predicted octanol–water partition coefficient (Wildman–Crippen LogP) is 2.15. The second-order valence-electron chi connectivity index (χ2n) is 2.45. The molecule has 0 unspecified atom stereocenters. The summed E-state index contributed by atoms with van der Waals surface area (Å²) in [5.41, 5.74) is 0.0659. The lowest BCUT2D eigenvalue weighted by Crippen LogP contribution is -2.21. The Labute approximate surface area is 80.8 Å². The van der Waals surface area contributed by atoms with Crippen molar-refractivity contribution in [2.45, 2.75) is 0 Å². The lowest BCUT2D eigenvalue weighted by molar-refractivity contribution is 0.164. The van der Waals surface area contributed by atoms with Crippen LogP contribution >= 0.6 is 0 Å². The first-order chi connectivity index (χ1) is 6.69. The van der Waals surface area contributed by atoms with E-state index in [2.05, 4.69) is 4.74 Å². The van der Waals surface area contributed by atoms with Crippen molar-refractivity contribution in [1.29, 1.82) is 0 Å². The normalized spacial score (nSPS) is 9.36. The van der Waals surface area contributed by atoms with Gasteiger partial charge in [0.2, 0.25) is 0 Å². The number of hydrogen-bond donors (Lipinski definition) is 0. The fraction of sp³-hybridized carbons (Fsp3) is 0.222. The van der Waals surface area contributed by atoms with Crippen molar-refractivity contribution in [2.75, 3.05) is 19.3 Å². The molecule has 0 aliphatic heterocycles. The maximum Gasteiger partial charge on any atom is 0.442 e. The number of anilines is 1. The van der Waals surface area contributed by atoms with Gasteiger partial charge in [0.05, 0.1) is 19.9 Å². The van der Waals surface area contributed by atoms with Crippen LogP contribution in [0.3, 0.4) is 0 Å². The molecular weight excluding hydrogens is 189 g/mol. The van der Waals surface area contributed by atoms with E-state index in [0.29, 0.717) is 5.75 Å². The number of benzene rings is 1. The maximum absolute atomic E-state index is 13.1. The van der Waals surface area contributed by atoms with Crippen molar-refractivity contribution >= 4 is 11.8 Å². The van der Waals surface area contributed by atoms with Gasteiger partial charge in [-0.1, -0.05) is 10.5 Å². The van der Waals surface area contributed by atoms with Crippen LogP contribution in [0, 0.1) is 0 Å². The van der Waals surface area contributed by atoms with E-state index in [4.69, 9.17) is 4.74 Å². The summed E-state index contributed by atoms with van der Waals surface area (Å²) >= 11 is 0. The summed E-state index contributed by atoms with van der Waals surface area (Å²) in [5.74, 6) is 0.467. The lowest BCUT2D eigenvalue weighted by atomic mass is 10.3. The lowest BCUT2D eigenvalue weighted by Gasteiger charge is -2.10. The van der Waals surface area contributed by atoms with Crippen LogP contribution < -0.4 is 9.86 Å². The summed E-state index contributed by atoms with van der Waals surface area (Å²) < 4.78 is 22.2. The molecule has 0 saturated heterocycles. The fourth-order valence-electron chi connectivity index (χ4n) is 0.918. The molecule has 0 aromatic heterocycles. The third-order valence-corrected chi connectivity index (χ3v) is 1.61. The molecule has 0 N–H and O–H groups in total. The quantitative estimate of drug-likeness (QED) is 0.685. The van der Waals surface area contributed by atoms with Gasteiger partial charge in [0, 0.05) is 6.07 Å². The van der Waals surface area contributed by atoms with Gasteiger partial charge in [-0.2, -0.15) is 0 Å². The summed E-state index contributed by atoms with van der Waals surface area (Å²) in [6.07, 6.45) is -1.07. The van der Waals surface area contributed by atoms with Crippen molar-refractivity contribution in [3.05, 3.63) is 24.3 Å². The zero-order valence-electron chi connectivity index (χ0n) is 7.86. The van der Waals surface area contributed by atoms with E-state index >= 15 is 0 Å². The van der Waals surface area contributed by atoms with Crippen LogP contribution in [0.5, 0.6) is 5.75 Å². The molecule has 0 bridgehead atoms.